The molecule has 0 aromatic heterocycles. The number of anilines is 2. The Labute approximate surface area is 358 Å². The van der Waals surface area contributed by atoms with E-state index in [-0.39, 0.29) is 23.2 Å². The van der Waals surface area contributed by atoms with Crippen molar-refractivity contribution >= 4 is 66.5 Å². The normalized spacial score (nSPS) is 24.9. The number of aliphatic carboxylic acids is 1. The molecule has 2 aliphatic carbocycles. The molecule has 0 radical (unpaired) electrons. The Morgan fingerprint density at radius 3 is 1.53 bits per heavy atom. The zero-order valence-electron chi connectivity index (χ0n) is 33.6. The maximum absolute atomic E-state index is 12.7. The summed E-state index contributed by atoms with van der Waals surface area (Å²) in [6.07, 6.45) is 4.07. The van der Waals surface area contributed by atoms with Gasteiger partial charge in [-0.2, -0.15) is 0 Å². The van der Waals surface area contributed by atoms with Crippen molar-refractivity contribution in [2.24, 2.45) is 23.7 Å². The molecule has 11 nitrogen and oxygen atoms in total. The number of likely N-dealkylation sites (tertiary alicyclic amines) is 1. The zero-order chi connectivity index (χ0) is 42.8. The SMILES string of the molecule is CC1(c2cccc(NS(C)(=O)=O)c2)C2CN(C(=O)CCc3ccccc3Cl)CC21.CC1(c2cccc(NS(C)(=O)=O)c2)C2CNCC21.O=C(O)CCc1ccccc1Cl. The summed E-state index contributed by atoms with van der Waals surface area (Å²) < 4.78 is 50.6. The Kier molecular flexibility index (Phi) is 13.4. The predicted octanol–water partition coefficient (Wildman–Crippen LogP) is 7.21. The molecule has 1 amide bonds. The van der Waals surface area contributed by atoms with Gasteiger partial charge in [0.15, 0.2) is 0 Å². The van der Waals surface area contributed by atoms with E-state index in [1.54, 1.807) is 18.2 Å². The highest BCUT2D eigenvalue weighted by atomic mass is 35.5. The van der Waals surface area contributed by atoms with Crippen LogP contribution in [0.25, 0.3) is 0 Å². The van der Waals surface area contributed by atoms with E-state index in [1.165, 1.54) is 11.8 Å². The Morgan fingerprint density at radius 2 is 1.10 bits per heavy atom. The maximum Gasteiger partial charge on any atom is 0.303 e. The molecule has 4 N–H and O–H groups in total. The van der Waals surface area contributed by atoms with Crippen molar-refractivity contribution in [3.63, 3.8) is 0 Å². The van der Waals surface area contributed by atoms with Gasteiger partial charge < -0.3 is 15.3 Å². The molecule has 2 heterocycles. The van der Waals surface area contributed by atoms with Crippen LogP contribution >= 0.6 is 23.2 Å². The van der Waals surface area contributed by atoms with Gasteiger partial charge in [0.25, 0.3) is 0 Å². The number of carbonyl (C=O) groups is 2. The average Bonchev–Trinajstić information content (AvgIpc) is 3.62. The number of hydrogen-bond acceptors (Lipinski definition) is 7. The Hall–Kier alpha value is -4.14. The lowest BCUT2D eigenvalue weighted by Crippen LogP contribution is -2.34. The number of carboxylic acids is 1. The molecule has 4 aromatic carbocycles. The van der Waals surface area contributed by atoms with Gasteiger partial charge in [-0.15, -0.1) is 0 Å². The number of fused-ring (bicyclic) bond motifs is 2. The van der Waals surface area contributed by atoms with Crippen LogP contribution in [0, 0.1) is 23.7 Å². The molecular weight excluding hydrogens is 832 g/mol. The van der Waals surface area contributed by atoms with Gasteiger partial charge in [0.05, 0.1) is 12.5 Å². The molecule has 4 unspecified atom stereocenters. The maximum atomic E-state index is 12.7. The predicted molar refractivity (Wildman–Crippen MR) is 235 cm³/mol. The lowest BCUT2D eigenvalue weighted by molar-refractivity contribution is -0.137. The van der Waals surface area contributed by atoms with Gasteiger partial charge in [-0.05, 0) is 108 Å². The fourth-order valence-corrected chi connectivity index (χ4v) is 10.6. The molecule has 15 heteroatoms. The van der Waals surface area contributed by atoms with Gasteiger partial charge in [0.2, 0.25) is 26.0 Å². The number of aryl methyl sites for hydroxylation is 2. The number of carbonyl (C=O) groups excluding carboxylic acids is 1. The van der Waals surface area contributed by atoms with Crippen LogP contribution in [0.5, 0.6) is 0 Å². The van der Waals surface area contributed by atoms with E-state index in [0.717, 1.165) is 49.1 Å². The molecule has 4 atom stereocenters. The molecule has 2 saturated carbocycles. The summed E-state index contributed by atoms with van der Waals surface area (Å²) in [4.78, 5) is 24.9. The number of carboxylic acid groups (broad SMARTS) is 1. The number of sulfonamides is 2. The Balaban J connectivity index is 0.000000165. The first kappa shape index (κ1) is 44.4. The lowest BCUT2D eigenvalue weighted by Gasteiger charge is -2.25. The minimum atomic E-state index is -3.30. The van der Waals surface area contributed by atoms with Gasteiger partial charge in [-0.3, -0.25) is 19.0 Å². The average molecular weight is 884 g/mol. The smallest absolute Gasteiger partial charge is 0.303 e. The fourth-order valence-electron chi connectivity index (χ4n) is 9.05. The molecule has 2 aliphatic heterocycles. The van der Waals surface area contributed by atoms with Crippen molar-refractivity contribution in [3.8, 4) is 0 Å². The fraction of sp³-hybridized carbons (Fsp3) is 0.409. The molecule has 0 bridgehead atoms. The monoisotopic (exact) mass is 882 g/mol. The number of nitrogens with one attached hydrogen (secondary N) is 3. The zero-order valence-corrected chi connectivity index (χ0v) is 36.8. The van der Waals surface area contributed by atoms with Crippen molar-refractivity contribution < 1.29 is 31.5 Å². The molecule has 4 aromatic rings. The first-order valence-electron chi connectivity index (χ1n) is 19.6. The van der Waals surface area contributed by atoms with Crippen LogP contribution in [0.4, 0.5) is 11.4 Å². The summed E-state index contributed by atoms with van der Waals surface area (Å²) in [5, 5.41) is 13.2. The standard InChI is InChI=1S/C22H25ClN2O3S.C13H18N2O2S.C9H9ClO2/c1-22(16-7-5-8-17(12-16)24-29(2,27)28)18-13-25(14-19(18)22)21(26)11-10-15-6-3-4-9-20(15)23;1-13(11-7-14-8-12(11)13)9-4-3-5-10(6-9)15-18(2,16)17;10-8-4-2-1-3-7(8)5-6-9(11)12/h3-9,12,18-19,24H,10-11,13-14H2,1-2H3;3-6,11-12,14-15H,7-8H2,1-2H3;1-4H,5-6H2,(H,11,12). The van der Waals surface area contributed by atoms with Crippen molar-refractivity contribution in [2.75, 3.05) is 48.1 Å². The molecule has 2 saturated heterocycles. The molecule has 4 fully saturated rings. The molecule has 8 rings (SSSR count). The van der Waals surface area contributed by atoms with Crippen LogP contribution < -0.4 is 14.8 Å². The van der Waals surface area contributed by atoms with E-state index >= 15 is 0 Å². The van der Waals surface area contributed by atoms with Gasteiger partial charge in [-0.25, -0.2) is 16.8 Å². The van der Waals surface area contributed by atoms with Crippen LogP contribution in [0.15, 0.2) is 97.1 Å². The van der Waals surface area contributed by atoms with Gasteiger partial charge in [0.1, 0.15) is 0 Å². The Morgan fingerprint density at radius 1 is 0.678 bits per heavy atom. The number of rotatable bonds is 12. The third kappa shape index (κ3) is 10.8. The lowest BCUT2D eigenvalue weighted by atomic mass is 9.92. The van der Waals surface area contributed by atoms with E-state index in [4.69, 9.17) is 28.3 Å². The first-order valence-corrected chi connectivity index (χ1v) is 24.2. The first-order chi connectivity index (χ1) is 27.8. The largest absolute Gasteiger partial charge is 0.481 e. The molecular formula is C44H52Cl2N4O7S2. The van der Waals surface area contributed by atoms with Gasteiger partial charge >= 0.3 is 5.97 Å². The van der Waals surface area contributed by atoms with Crippen LogP contribution in [-0.4, -0.2) is 77.4 Å². The van der Waals surface area contributed by atoms with E-state index in [0.29, 0.717) is 64.4 Å². The molecule has 0 spiro atoms. The summed E-state index contributed by atoms with van der Waals surface area (Å²) in [5.74, 6) is 1.61. The van der Waals surface area contributed by atoms with E-state index in [2.05, 4.69) is 40.7 Å². The van der Waals surface area contributed by atoms with Gasteiger partial charge in [-0.1, -0.05) is 97.7 Å². The number of piperidine rings is 2. The number of benzene rings is 4. The second-order valence-corrected chi connectivity index (χ2v) is 20.7. The van der Waals surface area contributed by atoms with Crippen LogP contribution in [0.2, 0.25) is 10.0 Å². The second-order valence-electron chi connectivity index (χ2n) is 16.4. The third-order valence-corrected chi connectivity index (χ3v) is 14.4. The van der Waals surface area contributed by atoms with Crippen molar-refractivity contribution in [1.29, 1.82) is 0 Å². The summed E-state index contributed by atoms with van der Waals surface area (Å²) in [7, 11) is -6.50. The van der Waals surface area contributed by atoms with Crippen LogP contribution in [0.1, 0.15) is 48.9 Å². The van der Waals surface area contributed by atoms with Crippen LogP contribution in [-0.2, 0) is 53.3 Å². The van der Waals surface area contributed by atoms with Crippen molar-refractivity contribution in [3.05, 3.63) is 129 Å². The highest BCUT2D eigenvalue weighted by Gasteiger charge is 2.66. The number of nitrogens with zero attached hydrogens (tertiary/aromatic N) is 1. The number of amides is 1. The summed E-state index contributed by atoms with van der Waals surface area (Å²) in [5.41, 5.74) is 5.73. The highest BCUT2D eigenvalue weighted by molar-refractivity contribution is 7.92. The topological polar surface area (TPSA) is 162 Å². The quantitative estimate of drug-likeness (QED) is 0.116. The molecule has 59 heavy (non-hydrogen) atoms. The minimum Gasteiger partial charge on any atom is -0.481 e. The summed E-state index contributed by atoms with van der Waals surface area (Å²) in [6.45, 7) is 8.16. The highest BCUT2D eigenvalue weighted by Crippen LogP contribution is 2.64. The Bertz CT molecular complexity index is 2390. The number of hydrogen-bond donors (Lipinski definition) is 4. The van der Waals surface area contributed by atoms with Crippen molar-refractivity contribution in [2.45, 2.75) is 50.4 Å². The second kappa shape index (κ2) is 17.8. The minimum absolute atomic E-state index is 0.00525. The molecule has 316 valence electrons. The van der Waals surface area contributed by atoms with Gasteiger partial charge in [0, 0.05) is 58.2 Å². The summed E-state index contributed by atoms with van der Waals surface area (Å²) in [6, 6.07) is 30.3. The third-order valence-electron chi connectivity index (χ3n) is 12.5. The van der Waals surface area contributed by atoms with E-state index in [9.17, 15) is 26.4 Å². The van der Waals surface area contributed by atoms with Crippen LogP contribution in [0.3, 0.4) is 0 Å². The summed E-state index contributed by atoms with van der Waals surface area (Å²) >= 11 is 12.0. The van der Waals surface area contributed by atoms with E-state index < -0.39 is 26.0 Å². The molecule has 4 aliphatic rings. The van der Waals surface area contributed by atoms with E-state index in [1.807, 2.05) is 71.6 Å². The van der Waals surface area contributed by atoms with Crippen molar-refractivity contribution in [1.82, 2.24) is 10.2 Å². The number of halogens is 2.